The van der Waals surface area contributed by atoms with E-state index in [0.29, 0.717) is 0 Å². The Morgan fingerprint density at radius 3 is 2.09 bits per heavy atom. The Kier molecular flexibility index (Phi) is 3.53. The van der Waals surface area contributed by atoms with Gasteiger partial charge in [-0.15, -0.1) is 0 Å². The van der Waals surface area contributed by atoms with Crippen molar-refractivity contribution in [2.75, 3.05) is 0 Å². The van der Waals surface area contributed by atoms with E-state index in [-0.39, 0.29) is 6.42 Å². The molecule has 0 bridgehead atoms. The summed E-state index contributed by atoms with van der Waals surface area (Å²) in [6, 6.07) is -0.983. The standard InChI is InChI=1S/C6H11NO4/c1-3(5(8)9)2-4(7)6(10)11/h3-4H,2,7H2,1H3,(H,8,9)(H,10,11)/p-1/t3-,4-/m1/s1. The van der Waals surface area contributed by atoms with E-state index in [4.69, 9.17) is 0 Å². The van der Waals surface area contributed by atoms with Crippen molar-refractivity contribution in [1.29, 1.82) is 0 Å². The molecule has 0 aromatic carbocycles. The van der Waals surface area contributed by atoms with Crippen LogP contribution in [-0.2, 0) is 9.59 Å². The molecule has 11 heavy (non-hydrogen) atoms. The molecular weight excluding hydrogens is 150 g/mol. The van der Waals surface area contributed by atoms with E-state index in [1.54, 1.807) is 0 Å². The Morgan fingerprint density at radius 1 is 1.36 bits per heavy atom. The number of hydrogen-bond acceptors (Lipinski definition) is 4. The van der Waals surface area contributed by atoms with Gasteiger partial charge in [0.2, 0.25) is 0 Å². The molecule has 0 unspecified atom stereocenters. The first-order chi connectivity index (χ1) is 4.95. The van der Waals surface area contributed by atoms with Crippen molar-refractivity contribution in [3.8, 4) is 0 Å². The topological polar surface area (TPSA) is 108 Å². The zero-order valence-electron chi connectivity index (χ0n) is 6.20. The smallest absolute Gasteiger partial charge is 0.125 e. The molecule has 0 aliphatic rings. The lowest BCUT2D eigenvalue weighted by Crippen LogP contribution is -2.69. The van der Waals surface area contributed by atoms with Gasteiger partial charge < -0.3 is 25.5 Å². The molecule has 5 nitrogen and oxygen atoms in total. The molecule has 0 rings (SSSR count). The quantitative estimate of drug-likeness (QED) is 0.453. The maximum Gasteiger partial charge on any atom is 0.125 e. The van der Waals surface area contributed by atoms with Gasteiger partial charge in [-0.3, -0.25) is 0 Å². The van der Waals surface area contributed by atoms with Crippen LogP contribution in [-0.4, -0.2) is 18.0 Å². The van der Waals surface area contributed by atoms with Crippen molar-refractivity contribution < 1.29 is 25.5 Å². The van der Waals surface area contributed by atoms with Gasteiger partial charge in [-0.2, -0.15) is 0 Å². The fourth-order valence-electron chi connectivity index (χ4n) is 0.619. The van der Waals surface area contributed by atoms with Gasteiger partial charge in [0.25, 0.3) is 0 Å². The van der Waals surface area contributed by atoms with Gasteiger partial charge in [-0.25, -0.2) is 0 Å². The lowest BCUT2D eigenvalue weighted by molar-refractivity contribution is -0.440. The molecule has 0 aromatic rings. The minimum Gasteiger partial charge on any atom is -0.550 e. The fourth-order valence-corrected chi connectivity index (χ4v) is 0.619. The summed E-state index contributed by atoms with van der Waals surface area (Å²) < 4.78 is 0. The highest BCUT2D eigenvalue weighted by Gasteiger charge is 2.13. The number of carboxylic acid groups (broad SMARTS) is 2. The SMILES string of the molecule is C[C@H](C[C@@H]([NH3+])C(=O)[O-])C(=O)[O-]. The number of carbonyl (C=O) groups excluding carboxylic acids is 2. The van der Waals surface area contributed by atoms with Gasteiger partial charge in [0.1, 0.15) is 6.04 Å². The van der Waals surface area contributed by atoms with Crippen molar-refractivity contribution >= 4 is 11.9 Å². The third-order valence-corrected chi connectivity index (χ3v) is 1.37. The van der Waals surface area contributed by atoms with Crippen molar-refractivity contribution in [3.05, 3.63) is 0 Å². The molecule has 0 aliphatic carbocycles. The molecule has 0 heterocycles. The van der Waals surface area contributed by atoms with Crippen LogP contribution >= 0.6 is 0 Å². The lowest BCUT2D eigenvalue weighted by Gasteiger charge is -2.15. The molecule has 3 N–H and O–H groups in total. The Balaban J connectivity index is 3.84. The van der Waals surface area contributed by atoms with Gasteiger partial charge >= 0.3 is 0 Å². The van der Waals surface area contributed by atoms with Gasteiger partial charge in [-0.1, -0.05) is 6.92 Å². The molecule has 64 valence electrons. The van der Waals surface area contributed by atoms with Gasteiger partial charge in [0.15, 0.2) is 0 Å². The summed E-state index contributed by atoms with van der Waals surface area (Å²) in [5.41, 5.74) is 3.21. The Hall–Kier alpha value is -1.10. The second kappa shape index (κ2) is 3.92. The number of quaternary nitrogens is 1. The fraction of sp³-hybridized carbons (Fsp3) is 0.667. The molecule has 5 heteroatoms. The van der Waals surface area contributed by atoms with Crippen LogP contribution in [0.1, 0.15) is 13.3 Å². The second-order valence-electron chi connectivity index (χ2n) is 2.47. The number of carboxylic acids is 2. The van der Waals surface area contributed by atoms with Crippen LogP contribution in [0.3, 0.4) is 0 Å². The van der Waals surface area contributed by atoms with Crippen molar-refractivity contribution in [1.82, 2.24) is 0 Å². The third-order valence-electron chi connectivity index (χ3n) is 1.37. The van der Waals surface area contributed by atoms with Crippen LogP contribution in [0, 0.1) is 5.92 Å². The molecule has 0 radical (unpaired) electrons. The van der Waals surface area contributed by atoms with Crippen LogP contribution < -0.4 is 15.9 Å². The molecule has 0 saturated carbocycles. The molecule has 0 spiro atoms. The highest BCUT2D eigenvalue weighted by molar-refractivity contribution is 5.72. The highest BCUT2D eigenvalue weighted by atomic mass is 16.4. The van der Waals surface area contributed by atoms with E-state index in [9.17, 15) is 19.8 Å². The molecule has 0 fully saturated rings. The second-order valence-corrected chi connectivity index (χ2v) is 2.47. The van der Waals surface area contributed by atoms with E-state index >= 15 is 0 Å². The molecule has 2 atom stereocenters. The number of rotatable bonds is 4. The number of carbonyl (C=O) groups is 2. The molecule has 0 aliphatic heterocycles. The lowest BCUT2D eigenvalue weighted by atomic mass is 10.0. The van der Waals surface area contributed by atoms with Gasteiger partial charge in [-0.05, 0) is 0 Å². The minimum atomic E-state index is -1.34. The molecular formula is C6H10NO4-. The summed E-state index contributed by atoms with van der Waals surface area (Å²) >= 11 is 0. The summed E-state index contributed by atoms with van der Waals surface area (Å²) in [6.07, 6.45) is -0.0509. The summed E-state index contributed by atoms with van der Waals surface area (Å²) in [6.45, 7) is 1.37. The highest BCUT2D eigenvalue weighted by Crippen LogP contribution is 2.00. The zero-order chi connectivity index (χ0) is 9.02. The molecule has 0 amide bonds. The summed E-state index contributed by atoms with van der Waals surface area (Å²) in [4.78, 5) is 20.2. The number of hydrogen-bond donors (Lipinski definition) is 1. The van der Waals surface area contributed by atoms with E-state index in [0.717, 1.165) is 0 Å². The van der Waals surface area contributed by atoms with Crippen molar-refractivity contribution in [2.24, 2.45) is 5.92 Å². The minimum absolute atomic E-state index is 0.0509. The summed E-state index contributed by atoms with van der Waals surface area (Å²) in [5, 5.41) is 20.2. The van der Waals surface area contributed by atoms with Gasteiger partial charge in [0.05, 0.1) is 5.97 Å². The zero-order valence-corrected chi connectivity index (χ0v) is 6.20. The molecule has 0 aromatic heterocycles. The summed E-state index contributed by atoms with van der Waals surface area (Å²) in [5.74, 6) is -3.39. The van der Waals surface area contributed by atoms with Gasteiger partial charge in [0, 0.05) is 18.3 Å². The van der Waals surface area contributed by atoms with Crippen LogP contribution in [0.15, 0.2) is 0 Å². The normalized spacial score (nSPS) is 15.5. The average Bonchev–Trinajstić information content (AvgIpc) is 1.87. The third kappa shape index (κ3) is 3.57. The monoisotopic (exact) mass is 160 g/mol. The van der Waals surface area contributed by atoms with Crippen LogP contribution in [0.2, 0.25) is 0 Å². The van der Waals surface area contributed by atoms with E-state index in [2.05, 4.69) is 5.73 Å². The first kappa shape index (κ1) is 9.90. The van der Waals surface area contributed by atoms with Crippen molar-refractivity contribution in [2.45, 2.75) is 19.4 Å². The average molecular weight is 160 g/mol. The molecule has 0 saturated heterocycles. The predicted octanol–water partition coefficient (Wildman–Crippen LogP) is -3.88. The maximum absolute atomic E-state index is 10.1. The first-order valence-corrected chi connectivity index (χ1v) is 3.20. The largest absolute Gasteiger partial charge is 0.550 e. The Bertz CT molecular complexity index is 150. The van der Waals surface area contributed by atoms with E-state index < -0.39 is 23.9 Å². The van der Waals surface area contributed by atoms with Crippen LogP contribution in [0.5, 0.6) is 0 Å². The van der Waals surface area contributed by atoms with Crippen molar-refractivity contribution in [3.63, 3.8) is 0 Å². The number of aliphatic carboxylic acids is 2. The maximum atomic E-state index is 10.1. The Morgan fingerprint density at radius 2 is 1.82 bits per heavy atom. The van der Waals surface area contributed by atoms with E-state index in [1.165, 1.54) is 6.92 Å². The summed E-state index contributed by atoms with van der Waals surface area (Å²) in [7, 11) is 0. The first-order valence-electron chi connectivity index (χ1n) is 3.20. The van der Waals surface area contributed by atoms with Crippen LogP contribution in [0.4, 0.5) is 0 Å². The van der Waals surface area contributed by atoms with E-state index in [1.807, 2.05) is 0 Å². The Labute approximate surface area is 63.8 Å². The van der Waals surface area contributed by atoms with Crippen LogP contribution in [0.25, 0.3) is 0 Å². The predicted molar refractivity (Wildman–Crippen MR) is 30.5 cm³/mol.